The monoisotopic (exact) mass is 207 g/mol. The molecule has 0 N–H and O–H groups in total. The van der Waals surface area contributed by atoms with Crippen LogP contribution in [0.3, 0.4) is 0 Å². The van der Waals surface area contributed by atoms with Gasteiger partial charge in [0.15, 0.2) is 0 Å². The van der Waals surface area contributed by atoms with Crippen LogP contribution in [0.1, 0.15) is 26.2 Å². The first-order valence-electron chi connectivity index (χ1n) is 4.28. The van der Waals surface area contributed by atoms with Crippen LogP contribution in [0.15, 0.2) is 0 Å². The summed E-state index contributed by atoms with van der Waals surface area (Å²) in [6, 6.07) is 0. The van der Waals surface area contributed by atoms with E-state index in [1.54, 1.807) is 6.92 Å². The normalized spacial score (nSPS) is 18.2. The lowest BCUT2D eigenvalue weighted by Crippen LogP contribution is -2.33. The SMILES string of the molecule is CCCOS(=O)(=O)N1CCCC1=O. The Morgan fingerprint density at radius 3 is 2.69 bits per heavy atom. The van der Waals surface area contributed by atoms with Crippen LogP contribution in [-0.4, -0.2) is 31.8 Å². The van der Waals surface area contributed by atoms with Gasteiger partial charge in [-0.15, -0.1) is 0 Å². The molecule has 0 spiro atoms. The molecule has 0 unspecified atom stereocenters. The van der Waals surface area contributed by atoms with Gasteiger partial charge < -0.3 is 0 Å². The van der Waals surface area contributed by atoms with E-state index in [2.05, 4.69) is 4.18 Å². The van der Waals surface area contributed by atoms with Crippen LogP contribution in [0.25, 0.3) is 0 Å². The molecule has 1 aliphatic heterocycles. The van der Waals surface area contributed by atoms with Crippen LogP contribution >= 0.6 is 0 Å². The van der Waals surface area contributed by atoms with Gasteiger partial charge >= 0.3 is 10.3 Å². The Kier molecular flexibility index (Phi) is 3.27. The van der Waals surface area contributed by atoms with Crippen LogP contribution < -0.4 is 0 Å². The minimum atomic E-state index is -3.79. The minimum Gasteiger partial charge on any atom is -0.274 e. The fourth-order valence-corrected chi connectivity index (χ4v) is 2.31. The second kappa shape index (κ2) is 4.06. The zero-order valence-corrected chi connectivity index (χ0v) is 8.34. The highest BCUT2D eigenvalue weighted by atomic mass is 32.2. The van der Waals surface area contributed by atoms with Crippen LogP contribution in [0, 0.1) is 0 Å². The largest absolute Gasteiger partial charge is 0.364 e. The molecule has 1 rings (SSSR count). The van der Waals surface area contributed by atoms with Gasteiger partial charge in [0.25, 0.3) is 0 Å². The van der Waals surface area contributed by atoms with Crippen LogP contribution in [0.4, 0.5) is 0 Å². The number of hydrogen-bond donors (Lipinski definition) is 0. The molecule has 1 saturated heterocycles. The van der Waals surface area contributed by atoms with E-state index in [1.807, 2.05) is 0 Å². The lowest BCUT2D eigenvalue weighted by atomic mass is 10.4. The summed E-state index contributed by atoms with van der Waals surface area (Å²) < 4.78 is 28.0. The molecule has 1 fully saturated rings. The van der Waals surface area contributed by atoms with Crippen molar-refractivity contribution in [2.75, 3.05) is 13.2 Å². The molecule has 1 amide bonds. The first-order chi connectivity index (χ1) is 6.08. The summed E-state index contributed by atoms with van der Waals surface area (Å²) in [6.07, 6.45) is 1.50. The Hall–Kier alpha value is -0.620. The number of nitrogens with zero attached hydrogens (tertiary/aromatic N) is 1. The minimum absolute atomic E-state index is 0.131. The maximum Gasteiger partial charge on any atom is 0.364 e. The van der Waals surface area contributed by atoms with Gasteiger partial charge in [-0.05, 0) is 12.8 Å². The molecule has 0 aromatic heterocycles. The van der Waals surface area contributed by atoms with E-state index in [9.17, 15) is 13.2 Å². The van der Waals surface area contributed by atoms with Crippen molar-refractivity contribution in [3.63, 3.8) is 0 Å². The second-order valence-electron chi connectivity index (χ2n) is 2.85. The number of hydrogen-bond acceptors (Lipinski definition) is 4. The maximum atomic E-state index is 11.3. The van der Waals surface area contributed by atoms with Gasteiger partial charge in [0, 0.05) is 13.0 Å². The van der Waals surface area contributed by atoms with Gasteiger partial charge in [-0.25, -0.2) is 4.31 Å². The summed E-state index contributed by atoms with van der Waals surface area (Å²) in [5.41, 5.74) is 0. The molecule has 5 nitrogen and oxygen atoms in total. The molecular weight excluding hydrogens is 194 g/mol. The third-order valence-corrected chi connectivity index (χ3v) is 3.13. The molecule has 0 aromatic rings. The first kappa shape index (κ1) is 10.5. The van der Waals surface area contributed by atoms with Gasteiger partial charge in [-0.1, -0.05) is 6.92 Å². The summed E-state index contributed by atoms with van der Waals surface area (Å²) in [5.74, 6) is -0.365. The van der Waals surface area contributed by atoms with E-state index >= 15 is 0 Å². The lowest BCUT2D eigenvalue weighted by Gasteiger charge is -2.14. The Labute approximate surface area is 77.9 Å². The fraction of sp³-hybridized carbons (Fsp3) is 0.857. The van der Waals surface area contributed by atoms with E-state index in [0.717, 1.165) is 4.31 Å². The van der Waals surface area contributed by atoms with E-state index in [1.165, 1.54) is 0 Å². The molecule has 0 saturated carbocycles. The third-order valence-electron chi connectivity index (χ3n) is 1.74. The van der Waals surface area contributed by atoms with Gasteiger partial charge in [0.05, 0.1) is 6.61 Å². The van der Waals surface area contributed by atoms with Crippen molar-refractivity contribution in [3.05, 3.63) is 0 Å². The molecular formula is C7H13NO4S. The molecule has 13 heavy (non-hydrogen) atoms. The second-order valence-corrected chi connectivity index (χ2v) is 4.38. The predicted octanol–water partition coefficient (Wildman–Crippen LogP) is 0.280. The van der Waals surface area contributed by atoms with Crippen molar-refractivity contribution in [1.82, 2.24) is 4.31 Å². The van der Waals surface area contributed by atoms with E-state index in [0.29, 0.717) is 19.3 Å². The quantitative estimate of drug-likeness (QED) is 0.664. The third kappa shape index (κ3) is 2.41. The van der Waals surface area contributed by atoms with E-state index in [-0.39, 0.29) is 19.1 Å². The smallest absolute Gasteiger partial charge is 0.274 e. The number of carbonyl (C=O) groups is 1. The Morgan fingerprint density at radius 2 is 2.23 bits per heavy atom. The van der Waals surface area contributed by atoms with Crippen molar-refractivity contribution in [1.29, 1.82) is 0 Å². The number of rotatable bonds is 4. The van der Waals surface area contributed by atoms with Crippen LogP contribution in [-0.2, 0) is 19.3 Å². The average Bonchev–Trinajstić information content (AvgIpc) is 2.48. The maximum absolute atomic E-state index is 11.3. The lowest BCUT2D eigenvalue weighted by molar-refractivity contribution is -0.124. The summed E-state index contributed by atoms with van der Waals surface area (Å²) in [7, 11) is -3.79. The topological polar surface area (TPSA) is 63.7 Å². The Balaban J connectivity index is 2.63. The summed E-state index contributed by atoms with van der Waals surface area (Å²) >= 11 is 0. The highest BCUT2D eigenvalue weighted by molar-refractivity contribution is 7.84. The van der Waals surface area contributed by atoms with E-state index in [4.69, 9.17) is 0 Å². The average molecular weight is 207 g/mol. The molecule has 0 aliphatic carbocycles. The first-order valence-corrected chi connectivity index (χ1v) is 5.64. The zero-order valence-electron chi connectivity index (χ0n) is 7.52. The molecule has 0 aromatic carbocycles. The number of amides is 1. The zero-order chi connectivity index (χ0) is 9.90. The van der Waals surface area contributed by atoms with Gasteiger partial charge in [0.2, 0.25) is 5.91 Å². The van der Waals surface area contributed by atoms with Crippen LogP contribution in [0.5, 0.6) is 0 Å². The van der Waals surface area contributed by atoms with Crippen molar-refractivity contribution >= 4 is 16.2 Å². The van der Waals surface area contributed by atoms with Crippen LogP contribution in [0.2, 0.25) is 0 Å². The highest BCUT2D eigenvalue weighted by Gasteiger charge is 2.31. The summed E-state index contributed by atoms with van der Waals surface area (Å²) in [4.78, 5) is 11.1. The molecule has 1 aliphatic rings. The standard InChI is InChI=1S/C7H13NO4S/c1-2-6-12-13(10,11)8-5-3-4-7(8)9/h2-6H2,1H3. The Bertz CT molecular complexity index is 285. The van der Waals surface area contributed by atoms with E-state index < -0.39 is 10.3 Å². The fourth-order valence-electron chi connectivity index (χ4n) is 1.11. The van der Waals surface area contributed by atoms with Crippen molar-refractivity contribution in [3.8, 4) is 0 Å². The summed E-state index contributed by atoms with van der Waals surface area (Å²) in [5, 5.41) is 0. The summed E-state index contributed by atoms with van der Waals surface area (Å²) in [6.45, 7) is 2.19. The molecule has 76 valence electrons. The Morgan fingerprint density at radius 1 is 1.54 bits per heavy atom. The van der Waals surface area contributed by atoms with Crippen molar-refractivity contribution < 1.29 is 17.4 Å². The van der Waals surface area contributed by atoms with Crippen molar-refractivity contribution in [2.45, 2.75) is 26.2 Å². The molecule has 0 bridgehead atoms. The van der Waals surface area contributed by atoms with Gasteiger partial charge in [-0.2, -0.15) is 8.42 Å². The number of carbonyl (C=O) groups excluding carboxylic acids is 1. The molecule has 1 heterocycles. The van der Waals surface area contributed by atoms with Crippen molar-refractivity contribution in [2.24, 2.45) is 0 Å². The van der Waals surface area contributed by atoms with Gasteiger partial charge in [0.1, 0.15) is 0 Å². The molecule has 0 radical (unpaired) electrons. The van der Waals surface area contributed by atoms with Gasteiger partial charge in [-0.3, -0.25) is 8.98 Å². The molecule has 6 heteroatoms. The molecule has 0 atom stereocenters. The highest BCUT2D eigenvalue weighted by Crippen LogP contribution is 2.15. The predicted molar refractivity (Wildman–Crippen MR) is 46.1 cm³/mol.